The summed E-state index contributed by atoms with van der Waals surface area (Å²) in [4.78, 5) is 35.6. The fourth-order valence-corrected chi connectivity index (χ4v) is 5.49. The van der Waals surface area contributed by atoms with E-state index in [4.69, 9.17) is 4.42 Å². The number of nitrogens with zero attached hydrogens (tertiary/aromatic N) is 2. The maximum absolute atomic E-state index is 12.8. The summed E-state index contributed by atoms with van der Waals surface area (Å²) in [5.41, 5.74) is 5.42. The molecule has 4 rings (SSSR count). The lowest BCUT2D eigenvalue weighted by Gasteiger charge is -2.27. The summed E-state index contributed by atoms with van der Waals surface area (Å²) in [6, 6.07) is 1.92. The van der Waals surface area contributed by atoms with Gasteiger partial charge in [0.2, 0.25) is 5.89 Å². The molecule has 1 saturated heterocycles. The molecule has 0 aliphatic carbocycles. The summed E-state index contributed by atoms with van der Waals surface area (Å²) in [6.07, 6.45) is 9.76. The van der Waals surface area contributed by atoms with Gasteiger partial charge in [0.1, 0.15) is 6.26 Å². The third-order valence-corrected chi connectivity index (χ3v) is 7.60. The number of amides is 1. The lowest BCUT2D eigenvalue weighted by molar-refractivity contribution is 0.0950. The van der Waals surface area contributed by atoms with Gasteiger partial charge in [-0.25, -0.2) is 4.98 Å². The summed E-state index contributed by atoms with van der Waals surface area (Å²) < 4.78 is 5.35. The van der Waals surface area contributed by atoms with E-state index in [2.05, 4.69) is 26.3 Å². The van der Waals surface area contributed by atoms with E-state index in [1.165, 1.54) is 10.5 Å². The van der Waals surface area contributed by atoms with Crippen LogP contribution in [0.25, 0.3) is 0 Å². The van der Waals surface area contributed by atoms with Crippen LogP contribution in [0.15, 0.2) is 44.8 Å². The van der Waals surface area contributed by atoms with Crippen molar-refractivity contribution >= 4 is 17.2 Å². The summed E-state index contributed by atoms with van der Waals surface area (Å²) in [6.45, 7) is 8.82. The van der Waals surface area contributed by atoms with Crippen LogP contribution in [-0.2, 0) is 19.5 Å². The predicted molar refractivity (Wildman–Crippen MR) is 134 cm³/mol. The van der Waals surface area contributed by atoms with Crippen molar-refractivity contribution in [1.82, 2.24) is 20.2 Å². The van der Waals surface area contributed by atoms with Crippen LogP contribution >= 0.6 is 11.3 Å². The molecule has 3 aromatic rings. The standard InChI is InChI=1S/C26H32N4O3S/c1-17-13-18(2)29-26(32)21(17)14-28-25(31)22-16-34-23(19(22)3)6-4-5-20-7-10-30(11-8-20)15-24-27-9-12-33-24/h5,9,12-13,16H,4,6-8,10-11,14-15H2,1-3H3,(H,28,31)(H,29,32). The topological polar surface area (TPSA) is 91.2 Å². The molecule has 4 heterocycles. The molecule has 1 fully saturated rings. The van der Waals surface area contributed by atoms with E-state index in [9.17, 15) is 9.59 Å². The van der Waals surface area contributed by atoms with Gasteiger partial charge in [-0.05, 0) is 63.6 Å². The molecule has 0 saturated carbocycles. The molecule has 3 aromatic heterocycles. The van der Waals surface area contributed by atoms with Crippen LogP contribution in [0.3, 0.4) is 0 Å². The van der Waals surface area contributed by atoms with Crippen molar-refractivity contribution in [1.29, 1.82) is 0 Å². The molecule has 180 valence electrons. The fourth-order valence-electron chi connectivity index (χ4n) is 4.42. The van der Waals surface area contributed by atoms with Crippen molar-refractivity contribution in [2.75, 3.05) is 13.1 Å². The molecular formula is C26H32N4O3S. The number of nitrogens with one attached hydrogen (secondary N) is 2. The highest BCUT2D eigenvalue weighted by molar-refractivity contribution is 7.10. The molecule has 8 heteroatoms. The highest BCUT2D eigenvalue weighted by Gasteiger charge is 2.17. The molecular weight excluding hydrogens is 448 g/mol. The number of hydrogen-bond acceptors (Lipinski definition) is 6. The maximum atomic E-state index is 12.8. The number of hydrogen-bond donors (Lipinski definition) is 2. The molecule has 1 amide bonds. The average Bonchev–Trinajstić information content (AvgIpc) is 3.44. The molecule has 0 bridgehead atoms. The summed E-state index contributed by atoms with van der Waals surface area (Å²) in [7, 11) is 0. The number of rotatable bonds is 8. The second-order valence-electron chi connectivity index (χ2n) is 8.93. The summed E-state index contributed by atoms with van der Waals surface area (Å²) in [5.74, 6) is 0.650. The van der Waals surface area contributed by atoms with Crippen LogP contribution in [0.5, 0.6) is 0 Å². The van der Waals surface area contributed by atoms with Crippen molar-refractivity contribution in [2.45, 2.75) is 59.5 Å². The molecule has 1 aliphatic heterocycles. The van der Waals surface area contributed by atoms with E-state index < -0.39 is 0 Å². The van der Waals surface area contributed by atoms with Crippen LogP contribution in [0.1, 0.15) is 62.8 Å². The molecule has 1 aliphatic rings. The first kappa shape index (κ1) is 24.2. The van der Waals surface area contributed by atoms with E-state index in [1.54, 1.807) is 23.8 Å². The first-order valence-electron chi connectivity index (χ1n) is 11.7. The Hall–Kier alpha value is -2.97. The Morgan fingerprint density at radius 1 is 1.29 bits per heavy atom. The van der Waals surface area contributed by atoms with Crippen molar-refractivity contribution < 1.29 is 9.21 Å². The number of thiophene rings is 1. The third-order valence-electron chi connectivity index (χ3n) is 6.45. The van der Waals surface area contributed by atoms with Gasteiger partial charge in [0.25, 0.3) is 11.5 Å². The highest BCUT2D eigenvalue weighted by Crippen LogP contribution is 2.25. The highest BCUT2D eigenvalue weighted by atomic mass is 32.1. The minimum absolute atomic E-state index is 0.129. The lowest BCUT2D eigenvalue weighted by Crippen LogP contribution is -2.30. The average molecular weight is 481 g/mol. The number of likely N-dealkylation sites (tertiary alicyclic amines) is 1. The molecule has 7 nitrogen and oxygen atoms in total. The van der Waals surface area contributed by atoms with Crippen LogP contribution < -0.4 is 10.9 Å². The number of allylic oxidation sites excluding steroid dienone is 1. The van der Waals surface area contributed by atoms with E-state index in [0.29, 0.717) is 11.1 Å². The SMILES string of the molecule is Cc1cc(C)c(CNC(=O)c2csc(CCC=C3CCN(Cc4ncco4)CC3)c2C)c(=O)[nH]1. The number of piperidine rings is 1. The van der Waals surface area contributed by atoms with Gasteiger partial charge in [0, 0.05) is 41.1 Å². The Bertz CT molecular complexity index is 1210. The van der Waals surface area contributed by atoms with Gasteiger partial charge in [-0.1, -0.05) is 11.6 Å². The Morgan fingerprint density at radius 3 is 2.79 bits per heavy atom. The Labute approximate surface area is 203 Å². The van der Waals surface area contributed by atoms with Crippen LogP contribution in [-0.4, -0.2) is 33.9 Å². The fraction of sp³-hybridized carbons (Fsp3) is 0.423. The van der Waals surface area contributed by atoms with Gasteiger partial charge in [-0.2, -0.15) is 0 Å². The summed E-state index contributed by atoms with van der Waals surface area (Å²) >= 11 is 1.64. The second-order valence-corrected chi connectivity index (χ2v) is 9.89. The minimum atomic E-state index is -0.142. The van der Waals surface area contributed by atoms with Gasteiger partial charge in [0.15, 0.2) is 0 Å². The number of aromatic nitrogens is 2. The lowest BCUT2D eigenvalue weighted by atomic mass is 10.0. The van der Waals surface area contributed by atoms with Gasteiger partial charge < -0.3 is 14.7 Å². The Morgan fingerprint density at radius 2 is 2.09 bits per heavy atom. The van der Waals surface area contributed by atoms with Crippen LogP contribution in [0.2, 0.25) is 0 Å². The third kappa shape index (κ3) is 5.93. The molecule has 0 atom stereocenters. The normalized spacial score (nSPS) is 14.4. The second kappa shape index (κ2) is 11.0. The van der Waals surface area contributed by atoms with Crippen molar-refractivity contribution in [3.05, 3.63) is 84.6 Å². The number of aryl methyl sites for hydroxylation is 3. The van der Waals surface area contributed by atoms with Crippen LogP contribution in [0.4, 0.5) is 0 Å². The molecule has 2 N–H and O–H groups in total. The van der Waals surface area contributed by atoms with Gasteiger partial charge in [0.05, 0.1) is 18.3 Å². The number of carbonyl (C=O) groups excluding carboxylic acids is 1. The maximum Gasteiger partial charge on any atom is 0.253 e. The van der Waals surface area contributed by atoms with Gasteiger partial charge in [-0.3, -0.25) is 14.5 Å². The predicted octanol–water partition coefficient (Wildman–Crippen LogP) is 4.43. The molecule has 0 spiro atoms. The number of carbonyl (C=O) groups is 1. The van der Waals surface area contributed by atoms with E-state index in [-0.39, 0.29) is 18.0 Å². The summed E-state index contributed by atoms with van der Waals surface area (Å²) in [5, 5.41) is 4.85. The number of H-pyrrole nitrogens is 1. The van der Waals surface area contributed by atoms with Gasteiger partial charge in [-0.15, -0.1) is 11.3 Å². The van der Waals surface area contributed by atoms with E-state index in [1.807, 2.05) is 32.2 Å². The Balaban J connectivity index is 1.26. The minimum Gasteiger partial charge on any atom is -0.448 e. The monoisotopic (exact) mass is 480 g/mol. The zero-order valence-electron chi connectivity index (χ0n) is 20.1. The first-order valence-corrected chi connectivity index (χ1v) is 12.6. The number of aromatic amines is 1. The van der Waals surface area contributed by atoms with Crippen molar-refractivity contribution in [3.8, 4) is 0 Å². The van der Waals surface area contributed by atoms with Crippen molar-refractivity contribution in [2.24, 2.45) is 0 Å². The molecule has 0 radical (unpaired) electrons. The quantitative estimate of drug-likeness (QED) is 0.465. The zero-order chi connectivity index (χ0) is 24.1. The Kier molecular flexibility index (Phi) is 7.80. The van der Waals surface area contributed by atoms with Gasteiger partial charge >= 0.3 is 0 Å². The van der Waals surface area contributed by atoms with Crippen molar-refractivity contribution in [3.63, 3.8) is 0 Å². The molecule has 0 unspecified atom stereocenters. The smallest absolute Gasteiger partial charge is 0.253 e. The number of pyridine rings is 1. The molecule has 0 aromatic carbocycles. The van der Waals surface area contributed by atoms with E-state index >= 15 is 0 Å². The first-order chi connectivity index (χ1) is 16.4. The zero-order valence-corrected chi connectivity index (χ0v) is 20.9. The molecule has 34 heavy (non-hydrogen) atoms. The van der Waals surface area contributed by atoms with E-state index in [0.717, 1.165) is 68.0 Å². The van der Waals surface area contributed by atoms with Crippen LogP contribution in [0, 0.1) is 20.8 Å². The largest absolute Gasteiger partial charge is 0.448 e. The number of oxazole rings is 1.